The Morgan fingerprint density at radius 3 is 2.32 bits per heavy atom. The maximum Gasteiger partial charge on any atom is 0.344 e. The third-order valence-electron chi connectivity index (χ3n) is 4.42. The Kier molecular flexibility index (Phi) is 9.93. The van der Waals surface area contributed by atoms with Crippen LogP contribution in [-0.4, -0.2) is 41.7 Å². The summed E-state index contributed by atoms with van der Waals surface area (Å²) in [6, 6.07) is 0.156. The molecule has 7 heteroatoms. The van der Waals surface area contributed by atoms with Gasteiger partial charge < -0.3 is 4.52 Å². The van der Waals surface area contributed by atoms with Gasteiger partial charge in [0, 0.05) is 30.9 Å². The van der Waals surface area contributed by atoms with E-state index < -0.39 is 7.67 Å². The fraction of sp³-hybridized carbons (Fsp3) is 1.00. The fourth-order valence-corrected chi connectivity index (χ4v) is 5.96. The highest BCUT2D eigenvalue weighted by molar-refractivity contribution is 7.54. The summed E-state index contributed by atoms with van der Waals surface area (Å²) in [7, 11) is -3.05. The Balaban J connectivity index is 2.72. The molecule has 0 saturated carbocycles. The van der Waals surface area contributed by atoms with Gasteiger partial charge in [-0.05, 0) is 19.3 Å². The van der Waals surface area contributed by atoms with Crippen molar-refractivity contribution in [2.45, 2.75) is 65.0 Å². The molecule has 1 heterocycles. The molecule has 1 N–H and O–H groups in total. The van der Waals surface area contributed by atoms with Crippen LogP contribution >= 0.6 is 30.9 Å². The third kappa shape index (κ3) is 5.96. The number of nitrogens with one attached hydrogen (secondary N) is 1. The Labute approximate surface area is 145 Å². The number of hydrogen-bond donors (Lipinski definition) is 1. The largest absolute Gasteiger partial charge is 0.344 e. The van der Waals surface area contributed by atoms with E-state index in [0.717, 1.165) is 12.8 Å². The van der Waals surface area contributed by atoms with E-state index in [1.165, 1.54) is 19.3 Å². The first-order valence-electron chi connectivity index (χ1n) is 8.42. The Morgan fingerprint density at radius 2 is 1.77 bits per heavy atom. The summed E-state index contributed by atoms with van der Waals surface area (Å²) < 4.78 is 21.1. The lowest BCUT2D eigenvalue weighted by atomic mass is 9.93. The SMILES string of the molecule is CCCCCCC1OP(=O)(N(CCCl)CCCl)NC(C)C1C. The molecule has 22 heavy (non-hydrogen) atoms. The van der Waals surface area contributed by atoms with Gasteiger partial charge in [0.25, 0.3) is 0 Å². The summed E-state index contributed by atoms with van der Waals surface area (Å²) in [5, 5.41) is 3.19. The van der Waals surface area contributed by atoms with Crippen LogP contribution in [0.15, 0.2) is 0 Å². The van der Waals surface area contributed by atoms with Crippen molar-refractivity contribution in [3.8, 4) is 0 Å². The van der Waals surface area contributed by atoms with Crippen LogP contribution < -0.4 is 5.09 Å². The van der Waals surface area contributed by atoms with Crippen LogP contribution in [0.2, 0.25) is 0 Å². The summed E-state index contributed by atoms with van der Waals surface area (Å²) in [6.45, 7) is 7.48. The Morgan fingerprint density at radius 1 is 1.14 bits per heavy atom. The average molecular weight is 373 g/mol. The van der Waals surface area contributed by atoms with Crippen LogP contribution in [0.5, 0.6) is 0 Å². The molecule has 0 bridgehead atoms. The highest BCUT2D eigenvalue weighted by Gasteiger charge is 2.43. The standard InChI is InChI=1S/C15H31Cl2N2O2P/c1-4-5-6-7-8-15-13(2)14(3)18-22(20,21-15)19(11-9-16)12-10-17/h13-15H,4-12H2,1-3H3,(H,18,20). The minimum Gasteiger partial charge on any atom is -0.302 e. The van der Waals surface area contributed by atoms with Crippen LogP contribution in [0.3, 0.4) is 0 Å². The minimum absolute atomic E-state index is 0.0343. The molecule has 0 aliphatic carbocycles. The Bertz CT molecular complexity index is 354. The van der Waals surface area contributed by atoms with Gasteiger partial charge in [-0.25, -0.2) is 9.76 Å². The zero-order chi connectivity index (χ0) is 16.6. The van der Waals surface area contributed by atoms with Gasteiger partial charge in [0.05, 0.1) is 6.10 Å². The molecular formula is C15H31Cl2N2O2P. The van der Waals surface area contributed by atoms with Gasteiger partial charge in [0.15, 0.2) is 0 Å². The third-order valence-corrected chi connectivity index (χ3v) is 7.19. The molecule has 0 aromatic carbocycles. The van der Waals surface area contributed by atoms with E-state index >= 15 is 0 Å². The topological polar surface area (TPSA) is 41.6 Å². The minimum atomic E-state index is -3.05. The lowest BCUT2D eigenvalue weighted by molar-refractivity contribution is 0.0732. The number of hydrogen-bond acceptors (Lipinski definition) is 2. The van der Waals surface area contributed by atoms with Crippen LogP contribution in [0.1, 0.15) is 52.9 Å². The van der Waals surface area contributed by atoms with Crippen LogP contribution in [0, 0.1) is 5.92 Å². The summed E-state index contributed by atoms with van der Waals surface area (Å²) in [5.41, 5.74) is 0. The van der Waals surface area contributed by atoms with E-state index in [0.29, 0.717) is 30.8 Å². The zero-order valence-corrected chi connectivity index (χ0v) is 16.5. The van der Waals surface area contributed by atoms with Crippen molar-refractivity contribution in [1.82, 2.24) is 9.76 Å². The van der Waals surface area contributed by atoms with Gasteiger partial charge in [0.2, 0.25) is 0 Å². The molecule has 4 atom stereocenters. The van der Waals surface area contributed by atoms with E-state index in [-0.39, 0.29) is 12.1 Å². The van der Waals surface area contributed by atoms with Crippen molar-refractivity contribution in [2.75, 3.05) is 24.8 Å². The van der Waals surface area contributed by atoms with Crippen molar-refractivity contribution in [3.05, 3.63) is 0 Å². The molecule has 0 spiro atoms. The first-order valence-corrected chi connectivity index (χ1v) is 11.1. The van der Waals surface area contributed by atoms with Crippen molar-refractivity contribution in [2.24, 2.45) is 5.92 Å². The van der Waals surface area contributed by atoms with Gasteiger partial charge >= 0.3 is 7.67 Å². The maximum atomic E-state index is 13.2. The second-order valence-electron chi connectivity index (χ2n) is 6.12. The highest BCUT2D eigenvalue weighted by Crippen LogP contribution is 2.53. The van der Waals surface area contributed by atoms with Crippen LogP contribution in [0.4, 0.5) is 0 Å². The van der Waals surface area contributed by atoms with E-state index in [1.54, 1.807) is 4.67 Å². The van der Waals surface area contributed by atoms with E-state index in [9.17, 15) is 4.57 Å². The van der Waals surface area contributed by atoms with Gasteiger partial charge in [-0.1, -0.05) is 39.5 Å². The summed E-state index contributed by atoms with van der Waals surface area (Å²) in [5.74, 6) is 1.17. The predicted octanol–water partition coefficient (Wildman–Crippen LogP) is 4.86. The van der Waals surface area contributed by atoms with Gasteiger partial charge in [-0.3, -0.25) is 4.57 Å². The first-order chi connectivity index (χ1) is 10.5. The fourth-order valence-electron chi connectivity index (χ4n) is 2.81. The second-order valence-corrected chi connectivity index (χ2v) is 8.95. The van der Waals surface area contributed by atoms with E-state index in [2.05, 4.69) is 25.9 Å². The maximum absolute atomic E-state index is 13.2. The molecule has 0 amide bonds. The van der Waals surface area contributed by atoms with Gasteiger partial charge in [0.1, 0.15) is 0 Å². The molecule has 0 aromatic heterocycles. The molecule has 4 nitrogen and oxygen atoms in total. The van der Waals surface area contributed by atoms with Crippen molar-refractivity contribution < 1.29 is 9.09 Å². The smallest absolute Gasteiger partial charge is 0.302 e. The lowest BCUT2D eigenvalue weighted by Gasteiger charge is -2.43. The summed E-state index contributed by atoms with van der Waals surface area (Å²) in [4.78, 5) is 0. The number of unbranched alkanes of at least 4 members (excludes halogenated alkanes) is 3. The lowest BCUT2D eigenvalue weighted by Crippen LogP contribution is -2.48. The van der Waals surface area contributed by atoms with Crippen molar-refractivity contribution in [1.29, 1.82) is 0 Å². The van der Waals surface area contributed by atoms with E-state index in [1.807, 2.05) is 0 Å². The first kappa shape index (κ1) is 20.7. The number of nitrogens with zero attached hydrogens (tertiary/aromatic N) is 1. The average Bonchev–Trinajstić information content (AvgIpc) is 2.48. The summed E-state index contributed by atoms with van der Waals surface area (Å²) in [6.07, 6.45) is 5.80. The zero-order valence-electron chi connectivity index (χ0n) is 14.1. The Hall–Kier alpha value is 0.690. The normalized spacial score (nSPS) is 32.5. The second kappa shape index (κ2) is 10.5. The molecule has 1 aliphatic heterocycles. The quantitative estimate of drug-likeness (QED) is 0.337. The molecule has 1 aliphatic rings. The van der Waals surface area contributed by atoms with Crippen molar-refractivity contribution >= 4 is 30.9 Å². The van der Waals surface area contributed by atoms with E-state index in [4.69, 9.17) is 27.7 Å². The van der Waals surface area contributed by atoms with Crippen LogP contribution in [-0.2, 0) is 9.09 Å². The summed E-state index contributed by atoms with van der Waals surface area (Å²) >= 11 is 11.7. The number of alkyl halides is 2. The highest BCUT2D eigenvalue weighted by atomic mass is 35.5. The molecule has 132 valence electrons. The molecular weight excluding hydrogens is 342 g/mol. The molecule has 0 radical (unpaired) electrons. The molecule has 1 rings (SSSR count). The van der Waals surface area contributed by atoms with Gasteiger partial charge in [-0.15, -0.1) is 23.2 Å². The molecule has 1 saturated heterocycles. The van der Waals surface area contributed by atoms with Gasteiger partial charge in [-0.2, -0.15) is 0 Å². The predicted molar refractivity (Wildman–Crippen MR) is 96.0 cm³/mol. The van der Waals surface area contributed by atoms with Crippen LogP contribution in [0.25, 0.3) is 0 Å². The number of rotatable bonds is 10. The number of halogens is 2. The molecule has 4 unspecified atom stereocenters. The monoisotopic (exact) mass is 372 g/mol. The molecule has 0 aromatic rings. The molecule has 1 fully saturated rings. The van der Waals surface area contributed by atoms with Crippen molar-refractivity contribution in [3.63, 3.8) is 0 Å².